The normalized spacial score (nSPS) is 11.6. The molecule has 0 aromatic heterocycles. The van der Waals surface area contributed by atoms with Gasteiger partial charge in [0.25, 0.3) is 0 Å². The van der Waals surface area contributed by atoms with Crippen molar-refractivity contribution in [3.63, 3.8) is 0 Å². The summed E-state index contributed by atoms with van der Waals surface area (Å²) in [5.74, 6) is 0. The molecule has 1 aromatic carbocycles. The summed E-state index contributed by atoms with van der Waals surface area (Å²) in [6.07, 6.45) is 0. The lowest BCUT2D eigenvalue weighted by Gasteiger charge is -2.09. The number of hydrogen-bond donors (Lipinski definition) is 2. The smallest absolute Gasteiger partial charge is 0.0607 e. The molecule has 0 heterocycles. The molecule has 0 spiro atoms. The molecule has 1 nitrogen and oxygen atoms in total. The van der Waals surface area contributed by atoms with Crippen LogP contribution in [-0.2, 0) is 0 Å². The molecule has 0 saturated carbocycles. The van der Waals surface area contributed by atoms with Gasteiger partial charge in [0.05, 0.1) is 15.1 Å². The monoisotopic (exact) mass is 267 g/mol. The Morgan fingerprint density at radius 3 is 2.29 bits per heavy atom. The first-order valence-corrected chi connectivity index (χ1v) is 5.42. The van der Waals surface area contributed by atoms with E-state index in [0.29, 0.717) is 15.1 Å². The van der Waals surface area contributed by atoms with Crippen LogP contribution in [0, 0.1) is 0 Å². The molecular weight excluding hydrogens is 261 g/mol. The van der Waals surface area contributed by atoms with E-state index in [0.717, 1.165) is 11.3 Å². The van der Waals surface area contributed by atoms with Crippen LogP contribution in [0.3, 0.4) is 0 Å². The van der Waals surface area contributed by atoms with E-state index in [-0.39, 0.29) is 0 Å². The van der Waals surface area contributed by atoms with Gasteiger partial charge in [-0.15, -0.1) is 12.6 Å². The van der Waals surface area contributed by atoms with E-state index in [9.17, 15) is 0 Å². The van der Waals surface area contributed by atoms with Crippen LogP contribution in [0.15, 0.2) is 17.5 Å². The molecule has 0 unspecified atom stereocenters. The predicted molar refractivity (Wildman–Crippen MR) is 67.5 cm³/mol. The van der Waals surface area contributed by atoms with Crippen molar-refractivity contribution in [3.05, 3.63) is 38.2 Å². The number of rotatable bonds is 2. The Kier molecular flexibility index (Phi) is 4.45. The van der Waals surface area contributed by atoms with Gasteiger partial charge in [0.1, 0.15) is 0 Å². The van der Waals surface area contributed by atoms with E-state index < -0.39 is 0 Å². The van der Waals surface area contributed by atoms with Gasteiger partial charge in [-0.1, -0.05) is 34.8 Å². The second-order valence-electron chi connectivity index (χ2n) is 2.54. The maximum atomic E-state index is 6.00. The maximum absolute atomic E-state index is 6.00. The molecule has 14 heavy (non-hydrogen) atoms. The van der Waals surface area contributed by atoms with Crippen molar-refractivity contribution in [1.82, 2.24) is 5.32 Å². The van der Waals surface area contributed by atoms with Crippen LogP contribution < -0.4 is 5.32 Å². The maximum Gasteiger partial charge on any atom is 0.0607 e. The van der Waals surface area contributed by atoms with Gasteiger partial charge in [0.15, 0.2) is 0 Å². The van der Waals surface area contributed by atoms with E-state index in [1.165, 1.54) is 0 Å². The van der Waals surface area contributed by atoms with Gasteiger partial charge in [0.2, 0.25) is 0 Å². The number of hydrogen-bond acceptors (Lipinski definition) is 2. The van der Waals surface area contributed by atoms with Crippen LogP contribution in [0.25, 0.3) is 5.70 Å². The third-order valence-electron chi connectivity index (χ3n) is 1.70. The van der Waals surface area contributed by atoms with Crippen molar-refractivity contribution in [3.8, 4) is 0 Å². The SMILES string of the molecule is CN/C(=C\S)c1cc(Cl)c(Cl)cc1Cl. The largest absolute Gasteiger partial charge is 0.387 e. The zero-order valence-corrected chi connectivity index (χ0v) is 10.5. The van der Waals surface area contributed by atoms with Gasteiger partial charge in [-0.05, 0) is 17.5 Å². The van der Waals surface area contributed by atoms with Crippen LogP contribution in [0.4, 0.5) is 0 Å². The first-order valence-electron chi connectivity index (χ1n) is 3.77. The lowest BCUT2D eigenvalue weighted by Crippen LogP contribution is -2.04. The van der Waals surface area contributed by atoms with E-state index in [1.54, 1.807) is 24.6 Å². The second kappa shape index (κ2) is 5.17. The highest BCUT2D eigenvalue weighted by Crippen LogP contribution is 2.31. The van der Waals surface area contributed by atoms with E-state index in [1.807, 2.05) is 0 Å². The molecular formula is C9H8Cl3NS. The molecule has 0 bridgehead atoms. The van der Waals surface area contributed by atoms with E-state index in [2.05, 4.69) is 17.9 Å². The molecule has 1 N–H and O–H groups in total. The highest BCUT2D eigenvalue weighted by molar-refractivity contribution is 7.83. The number of thiol groups is 1. The molecule has 0 aliphatic carbocycles. The molecule has 5 heteroatoms. The standard InChI is InChI=1S/C9H8Cl3NS/c1-13-9(4-14)5-2-7(11)8(12)3-6(5)10/h2-4,13-14H,1H3/b9-4-. The van der Waals surface area contributed by atoms with Crippen LogP contribution in [0.5, 0.6) is 0 Å². The molecule has 76 valence electrons. The van der Waals surface area contributed by atoms with Gasteiger partial charge < -0.3 is 5.32 Å². The Hall–Kier alpha value is -0.0200. The first kappa shape index (κ1) is 12.1. The zero-order chi connectivity index (χ0) is 10.7. The Morgan fingerprint density at radius 1 is 1.21 bits per heavy atom. The lowest BCUT2D eigenvalue weighted by atomic mass is 10.2. The molecule has 0 aliphatic rings. The summed E-state index contributed by atoms with van der Waals surface area (Å²) < 4.78 is 0. The minimum absolute atomic E-state index is 0.440. The van der Waals surface area contributed by atoms with Gasteiger partial charge >= 0.3 is 0 Å². The van der Waals surface area contributed by atoms with Crippen molar-refractivity contribution in [2.75, 3.05) is 7.05 Å². The number of halogens is 3. The van der Waals surface area contributed by atoms with Crippen LogP contribution in [-0.4, -0.2) is 7.05 Å². The fourth-order valence-corrected chi connectivity index (χ4v) is 1.91. The van der Waals surface area contributed by atoms with Gasteiger partial charge in [-0.2, -0.15) is 0 Å². The topological polar surface area (TPSA) is 12.0 Å². The van der Waals surface area contributed by atoms with Crippen molar-refractivity contribution in [2.45, 2.75) is 0 Å². The quantitative estimate of drug-likeness (QED) is 0.608. The minimum Gasteiger partial charge on any atom is -0.387 e. The van der Waals surface area contributed by atoms with Crippen molar-refractivity contribution >= 4 is 53.1 Å². The molecule has 0 atom stereocenters. The third-order valence-corrected chi connectivity index (χ3v) is 2.99. The summed E-state index contributed by atoms with van der Waals surface area (Å²) in [6, 6.07) is 3.31. The molecule has 0 amide bonds. The van der Waals surface area contributed by atoms with Crippen LogP contribution in [0.1, 0.15) is 5.56 Å². The fourth-order valence-electron chi connectivity index (χ4n) is 0.998. The number of benzene rings is 1. The molecule has 0 fully saturated rings. The summed E-state index contributed by atoms with van der Waals surface area (Å²) >= 11 is 21.7. The minimum atomic E-state index is 0.440. The molecule has 0 aliphatic heterocycles. The Balaban J connectivity index is 3.28. The van der Waals surface area contributed by atoms with Gasteiger partial charge in [0, 0.05) is 18.3 Å². The zero-order valence-electron chi connectivity index (χ0n) is 7.31. The summed E-state index contributed by atoms with van der Waals surface area (Å²) in [5, 5.41) is 6.01. The summed E-state index contributed by atoms with van der Waals surface area (Å²) in [7, 11) is 1.78. The van der Waals surface area contributed by atoms with Crippen LogP contribution >= 0.6 is 47.4 Å². The molecule has 1 aromatic rings. The van der Waals surface area contributed by atoms with Crippen molar-refractivity contribution in [2.24, 2.45) is 0 Å². The molecule has 0 radical (unpaired) electrons. The summed E-state index contributed by atoms with van der Waals surface area (Å²) in [5.41, 5.74) is 1.57. The average molecular weight is 269 g/mol. The second-order valence-corrected chi connectivity index (χ2v) is 4.02. The molecule has 1 rings (SSSR count). The van der Waals surface area contributed by atoms with Crippen LogP contribution in [0.2, 0.25) is 15.1 Å². The predicted octanol–water partition coefficient (Wildman–Crippen LogP) is 4.09. The number of nitrogens with one attached hydrogen (secondary N) is 1. The molecule has 0 saturated heterocycles. The van der Waals surface area contributed by atoms with Crippen molar-refractivity contribution in [1.29, 1.82) is 0 Å². The van der Waals surface area contributed by atoms with Gasteiger partial charge in [-0.25, -0.2) is 0 Å². The summed E-state index contributed by atoms with van der Waals surface area (Å²) in [4.78, 5) is 0. The Morgan fingerprint density at radius 2 is 1.79 bits per heavy atom. The van der Waals surface area contributed by atoms with E-state index >= 15 is 0 Å². The van der Waals surface area contributed by atoms with Gasteiger partial charge in [-0.3, -0.25) is 0 Å². The fraction of sp³-hybridized carbons (Fsp3) is 0.111. The lowest BCUT2D eigenvalue weighted by molar-refractivity contribution is 1.13. The highest BCUT2D eigenvalue weighted by Gasteiger charge is 2.08. The average Bonchev–Trinajstić information content (AvgIpc) is 2.15. The third kappa shape index (κ3) is 2.51. The van der Waals surface area contributed by atoms with Crippen molar-refractivity contribution < 1.29 is 0 Å². The first-order chi connectivity index (χ1) is 6.60. The Bertz CT molecular complexity index is 377. The highest BCUT2D eigenvalue weighted by atomic mass is 35.5. The van der Waals surface area contributed by atoms with E-state index in [4.69, 9.17) is 34.8 Å². The Labute approximate surface area is 103 Å². The summed E-state index contributed by atoms with van der Waals surface area (Å²) in [6.45, 7) is 0.